The second-order valence-electron chi connectivity index (χ2n) is 7.34. The molecule has 3 rings (SSSR count). The number of aromatic nitrogens is 3. The molecule has 1 aliphatic carbocycles. The summed E-state index contributed by atoms with van der Waals surface area (Å²) in [6.07, 6.45) is 5.99. The van der Waals surface area contributed by atoms with Crippen LogP contribution in [0.1, 0.15) is 39.3 Å². The van der Waals surface area contributed by atoms with Gasteiger partial charge in [-0.05, 0) is 24.8 Å². The van der Waals surface area contributed by atoms with Crippen molar-refractivity contribution in [3.05, 3.63) is 24.2 Å². The van der Waals surface area contributed by atoms with E-state index < -0.39 is 0 Å². The van der Waals surface area contributed by atoms with Crippen LogP contribution in [0.15, 0.2) is 18.5 Å². The summed E-state index contributed by atoms with van der Waals surface area (Å²) < 4.78 is 1.94. The zero-order valence-corrected chi connectivity index (χ0v) is 13.4. The van der Waals surface area contributed by atoms with Crippen LogP contribution in [0.3, 0.4) is 0 Å². The molecule has 1 fully saturated rings. The van der Waals surface area contributed by atoms with Gasteiger partial charge in [-0.25, -0.2) is 9.50 Å². The fraction of sp³-hybridized carbons (Fsp3) is 0.625. The molecule has 0 atom stereocenters. The van der Waals surface area contributed by atoms with Gasteiger partial charge in [-0.1, -0.05) is 20.8 Å². The van der Waals surface area contributed by atoms with Crippen LogP contribution < -0.4 is 10.6 Å². The molecule has 0 spiro atoms. The minimum absolute atomic E-state index is 0.0443. The van der Waals surface area contributed by atoms with Gasteiger partial charge in [0.1, 0.15) is 5.52 Å². The monoisotopic (exact) mass is 287 g/mol. The molecule has 0 saturated heterocycles. The van der Waals surface area contributed by atoms with Crippen LogP contribution >= 0.6 is 0 Å². The quantitative estimate of drug-likeness (QED) is 0.940. The molecule has 0 unspecified atom stereocenters. The Morgan fingerprint density at radius 2 is 2.10 bits per heavy atom. The number of hydrogen-bond acceptors (Lipinski definition) is 4. The number of rotatable bonds is 3. The summed E-state index contributed by atoms with van der Waals surface area (Å²) in [6, 6.07) is 2.56. The van der Waals surface area contributed by atoms with Gasteiger partial charge in [0, 0.05) is 37.4 Å². The van der Waals surface area contributed by atoms with Crippen molar-refractivity contribution in [2.24, 2.45) is 11.7 Å². The van der Waals surface area contributed by atoms with Crippen molar-refractivity contribution >= 4 is 11.3 Å². The van der Waals surface area contributed by atoms with Gasteiger partial charge in [-0.2, -0.15) is 5.10 Å². The number of anilines is 1. The summed E-state index contributed by atoms with van der Waals surface area (Å²) in [5, 5.41) is 4.68. The van der Waals surface area contributed by atoms with E-state index in [2.05, 4.69) is 48.9 Å². The van der Waals surface area contributed by atoms with Gasteiger partial charge in [0.2, 0.25) is 0 Å². The first-order valence-corrected chi connectivity index (χ1v) is 7.66. The molecule has 2 aromatic heterocycles. The second-order valence-corrected chi connectivity index (χ2v) is 7.34. The summed E-state index contributed by atoms with van der Waals surface area (Å²) in [5.74, 6) is 1.69. The van der Waals surface area contributed by atoms with Crippen molar-refractivity contribution in [2.45, 2.75) is 45.1 Å². The van der Waals surface area contributed by atoms with E-state index in [1.807, 2.05) is 16.9 Å². The molecule has 21 heavy (non-hydrogen) atoms. The maximum Gasteiger partial charge on any atom is 0.154 e. The van der Waals surface area contributed by atoms with Gasteiger partial charge >= 0.3 is 0 Å². The minimum Gasteiger partial charge on any atom is -0.358 e. The van der Waals surface area contributed by atoms with Crippen LogP contribution in [0.4, 0.5) is 5.82 Å². The third-order valence-electron chi connectivity index (χ3n) is 4.30. The molecule has 0 radical (unpaired) electrons. The fourth-order valence-electron chi connectivity index (χ4n) is 2.98. The van der Waals surface area contributed by atoms with Gasteiger partial charge in [-0.15, -0.1) is 0 Å². The Morgan fingerprint density at radius 1 is 1.38 bits per heavy atom. The lowest BCUT2D eigenvalue weighted by atomic mass is 9.80. The van der Waals surface area contributed by atoms with E-state index in [0.29, 0.717) is 12.0 Å². The highest BCUT2D eigenvalue weighted by molar-refractivity contribution is 5.69. The molecule has 1 saturated carbocycles. The Labute approximate surface area is 126 Å². The first kappa shape index (κ1) is 14.3. The zero-order chi connectivity index (χ0) is 15.2. The standard InChI is InChI=1S/C16H25N5/c1-16(2,3)14-9-13-15(18-5-6-21(13)19-14)20(4)10-11-7-12(17)8-11/h5-6,9,11-12H,7-8,10,17H2,1-4H3. The highest BCUT2D eigenvalue weighted by Crippen LogP contribution is 2.29. The molecule has 1 aliphatic rings. The Morgan fingerprint density at radius 3 is 2.71 bits per heavy atom. The maximum atomic E-state index is 5.88. The smallest absolute Gasteiger partial charge is 0.154 e. The van der Waals surface area contributed by atoms with Crippen LogP contribution in [0.2, 0.25) is 0 Å². The van der Waals surface area contributed by atoms with E-state index in [-0.39, 0.29) is 5.41 Å². The third kappa shape index (κ3) is 2.75. The minimum atomic E-state index is 0.0443. The normalized spacial score (nSPS) is 22.3. The Bertz CT molecular complexity index is 634. The first-order valence-electron chi connectivity index (χ1n) is 7.66. The van der Waals surface area contributed by atoms with Crippen molar-refractivity contribution in [3.8, 4) is 0 Å². The van der Waals surface area contributed by atoms with Crippen molar-refractivity contribution in [1.29, 1.82) is 0 Å². The fourth-order valence-corrected chi connectivity index (χ4v) is 2.98. The van der Waals surface area contributed by atoms with E-state index in [9.17, 15) is 0 Å². The molecular formula is C16H25N5. The molecule has 114 valence electrons. The zero-order valence-electron chi connectivity index (χ0n) is 13.4. The van der Waals surface area contributed by atoms with E-state index >= 15 is 0 Å². The summed E-state index contributed by atoms with van der Waals surface area (Å²) >= 11 is 0. The van der Waals surface area contributed by atoms with Crippen molar-refractivity contribution < 1.29 is 0 Å². The molecule has 0 aliphatic heterocycles. The Balaban J connectivity index is 1.89. The average Bonchev–Trinajstić information content (AvgIpc) is 2.80. The van der Waals surface area contributed by atoms with Gasteiger partial charge in [0.05, 0.1) is 5.69 Å². The van der Waals surface area contributed by atoms with E-state index in [0.717, 1.165) is 36.4 Å². The predicted octanol–water partition coefficient (Wildman–Crippen LogP) is 2.20. The van der Waals surface area contributed by atoms with E-state index in [1.54, 1.807) is 0 Å². The Kier molecular flexibility index (Phi) is 3.40. The first-order chi connectivity index (χ1) is 9.84. The number of fused-ring (bicyclic) bond motifs is 1. The van der Waals surface area contributed by atoms with Crippen molar-refractivity contribution in [2.75, 3.05) is 18.5 Å². The van der Waals surface area contributed by atoms with Crippen molar-refractivity contribution in [3.63, 3.8) is 0 Å². The molecule has 2 heterocycles. The number of nitrogens with zero attached hydrogens (tertiary/aromatic N) is 4. The van der Waals surface area contributed by atoms with Gasteiger partial charge in [-0.3, -0.25) is 0 Å². The van der Waals surface area contributed by atoms with Crippen LogP contribution in [0.25, 0.3) is 5.52 Å². The molecule has 5 heteroatoms. The maximum absolute atomic E-state index is 5.88. The molecule has 2 N–H and O–H groups in total. The summed E-state index contributed by atoms with van der Waals surface area (Å²) in [5.41, 5.74) is 8.09. The SMILES string of the molecule is CN(CC1CC(N)C1)c1nccn2nc(C(C)(C)C)cc12. The van der Waals surface area contributed by atoms with Crippen molar-refractivity contribution in [1.82, 2.24) is 14.6 Å². The van der Waals surface area contributed by atoms with Crippen LogP contribution in [-0.2, 0) is 5.41 Å². The average molecular weight is 287 g/mol. The van der Waals surface area contributed by atoms with Gasteiger partial charge in [0.25, 0.3) is 0 Å². The van der Waals surface area contributed by atoms with Crippen LogP contribution in [0, 0.1) is 5.92 Å². The Hall–Kier alpha value is -1.62. The highest BCUT2D eigenvalue weighted by Gasteiger charge is 2.28. The molecule has 2 aromatic rings. The molecule has 5 nitrogen and oxygen atoms in total. The number of nitrogens with two attached hydrogens (primary N) is 1. The summed E-state index contributed by atoms with van der Waals surface area (Å²) in [4.78, 5) is 6.80. The topological polar surface area (TPSA) is 59.5 Å². The lowest BCUT2D eigenvalue weighted by molar-refractivity contribution is 0.271. The molecular weight excluding hydrogens is 262 g/mol. The summed E-state index contributed by atoms with van der Waals surface area (Å²) in [7, 11) is 2.11. The third-order valence-corrected chi connectivity index (χ3v) is 4.30. The molecule has 0 amide bonds. The largest absolute Gasteiger partial charge is 0.358 e. The van der Waals surface area contributed by atoms with E-state index in [4.69, 9.17) is 5.73 Å². The van der Waals surface area contributed by atoms with Gasteiger partial charge < -0.3 is 10.6 Å². The van der Waals surface area contributed by atoms with E-state index in [1.165, 1.54) is 0 Å². The van der Waals surface area contributed by atoms with Gasteiger partial charge in [0.15, 0.2) is 5.82 Å². The molecule has 0 bridgehead atoms. The highest BCUT2D eigenvalue weighted by atomic mass is 15.3. The number of hydrogen-bond donors (Lipinski definition) is 1. The lowest BCUT2D eigenvalue weighted by Gasteiger charge is -2.35. The second kappa shape index (κ2) is 4.98. The lowest BCUT2D eigenvalue weighted by Crippen LogP contribution is -2.42. The van der Waals surface area contributed by atoms with Crippen LogP contribution in [0.5, 0.6) is 0 Å². The summed E-state index contributed by atoms with van der Waals surface area (Å²) in [6.45, 7) is 7.56. The van der Waals surface area contributed by atoms with Crippen LogP contribution in [-0.4, -0.2) is 34.2 Å². The molecule has 0 aromatic carbocycles. The predicted molar refractivity (Wildman–Crippen MR) is 85.7 cm³/mol.